The van der Waals surface area contributed by atoms with E-state index >= 15 is 0 Å². The maximum absolute atomic E-state index is 11.1. The Morgan fingerprint density at radius 2 is 1.89 bits per heavy atom. The second kappa shape index (κ2) is 5.67. The van der Waals surface area contributed by atoms with Crippen LogP contribution in [0.3, 0.4) is 0 Å². The zero-order valence-electron chi connectivity index (χ0n) is 9.57. The molecule has 98 valence electrons. The first-order valence-electron chi connectivity index (χ1n) is 5.68. The van der Waals surface area contributed by atoms with Crippen molar-refractivity contribution >= 4 is 34.9 Å². The number of aromatic nitrogens is 3. The van der Waals surface area contributed by atoms with Gasteiger partial charge >= 0.3 is 0 Å². The molecule has 1 aromatic rings. The molecule has 0 aromatic carbocycles. The second-order valence-corrected chi connectivity index (χ2v) is 5.01. The standard InChI is InChI=1S/C10H13Cl2N5O/c11-7-9(15-10(12)17-16-7)14-6-3-1-5(2-4-6)8(13)18/h5-6H,1-4H2,(H2,13,18)(H,14,15,17). The highest BCUT2D eigenvalue weighted by Gasteiger charge is 2.25. The number of carbonyl (C=O) groups is 1. The van der Waals surface area contributed by atoms with E-state index in [9.17, 15) is 4.79 Å². The molecule has 1 amide bonds. The van der Waals surface area contributed by atoms with Gasteiger partial charge < -0.3 is 11.1 Å². The van der Waals surface area contributed by atoms with Gasteiger partial charge in [0.05, 0.1) is 0 Å². The number of rotatable bonds is 3. The maximum Gasteiger partial charge on any atom is 0.245 e. The third kappa shape index (κ3) is 3.20. The molecule has 18 heavy (non-hydrogen) atoms. The van der Waals surface area contributed by atoms with E-state index in [4.69, 9.17) is 28.9 Å². The van der Waals surface area contributed by atoms with E-state index < -0.39 is 0 Å². The molecule has 0 atom stereocenters. The Balaban J connectivity index is 1.95. The highest BCUT2D eigenvalue weighted by Crippen LogP contribution is 2.27. The fourth-order valence-electron chi connectivity index (χ4n) is 2.10. The van der Waals surface area contributed by atoms with Gasteiger partial charge in [-0.05, 0) is 37.3 Å². The van der Waals surface area contributed by atoms with E-state index in [1.165, 1.54) is 0 Å². The minimum atomic E-state index is -0.224. The topological polar surface area (TPSA) is 93.8 Å². The van der Waals surface area contributed by atoms with Crippen LogP contribution in [-0.2, 0) is 4.79 Å². The lowest BCUT2D eigenvalue weighted by Gasteiger charge is -2.27. The molecule has 1 saturated carbocycles. The van der Waals surface area contributed by atoms with Crippen molar-refractivity contribution in [1.29, 1.82) is 0 Å². The largest absolute Gasteiger partial charge is 0.369 e. The highest BCUT2D eigenvalue weighted by atomic mass is 35.5. The first kappa shape index (κ1) is 13.3. The molecule has 6 nitrogen and oxygen atoms in total. The number of hydrogen-bond donors (Lipinski definition) is 2. The summed E-state index contributed by atoms with van der Waals surface area (Å²) in [5, 5.41) is 10.6. The Hall–Kier alpha value is -1.14. The zero-order chi connectivity index (χ0) is 13.1. The molecule has 1 aromatic heterocycles. The SMILES string of the molecule is NC(=O)C1CCC(Nc2nc(Cl)nnc2Cl)CC1. The van der Waals surface area contributed by atoms with Gasteiger partial charge in [0.25, 0.3) is 0 Å². The second-order valence-electron chi connectivity index (χ2n) is 4.32. The number of carbonyl (C=O) groups excluding carboxylic acids is 1. The summed E-state index contributed by atoms with van der Waals surface area (Å²) in [4.78, 5) is 15.0. The van der Waals surface area contributed by atoms with Crippen LogP contribution in [0.25, 0.3) is 0 Å². The Kier molecular flexibility index (Phi) is 4.19. The molecule has 1 heterocycles. The van der Waals surface area contributed by atoms with E-state index in [2.05, 4.69) is 20.5 Å². The average Bonchev–Trinajstić information content (AvgIpc) is 2.34. The summed E-state index contributed by atoms with van der Waals surface area (Å²) in [6.07, 6.45) is 3.23. The van der Waals surface area contributed by atoms with Crippen molar-refractivity contribution in [2.75, 3.05) is 5.32 Å². The minimum absolute atomic E-state index is 0.0226. The summed E-state index contributed by atoms with van der Waals surface area (Å²) in [6.45, 7) is 0. The minimum Gasteiger partial charge on any atom is -0.369 e. The van der Waals surface area contributed by atoms with Crippen LogP contribution in [0.4, 0.5) is 5.82 Å². The summed E-state index contributed by atoms with van der Waals surface area (Å²) in [5.74, 6) is 0.183. The predicted octanol–water partition coefficient (Wildman–Crippen LogP) is 1.63. The first-order valence-corrected chi connectivity index (χ1v) is 6.43. The number of hydrogen-bond acceptors (Lipinski definition) is 5. The molecule has 0 unspecified atom stereocenters. The van der Waals surface area contributed by atoms with Gasteiger partial charge in [-0.25, -0.2) is 0 Å². The number of primary amides is 1. The first-order chi connectivity index (χ1) is 8.56. The molecule has 1 aliphatic carbocycles. The fourth-order valence-corrected chi connectivity index (χ4v) is 2.36. The quantitative estimate of drug-likeness (QED) is 0.882. The lowest BCUT2D eigenvalue weighted by atomic mass is 9.85. The third-order valence-corrected chi connectivity index (χ3v) is 3.50. The van der Waals surface area contributed by atoms with Crippen molar-refractivity contribution in [2.24, 2.45) is 11.7 Å². The number of nitrogens with one attached hydrogen (secondary N) is 1. The molecule has 1 fully saturated rings. The monoisotopic (exact) mass is 289 g/mol. The van der Waals surface area contributed by atoms with Crippen molar-refractivity contribution in [3.8, 4) is 0 Å². The normalized spacial score (nSPS) is 23.7. The predicted molar refractivity (Wildman–Crippen MR) is 68.4 cm³/mol. The third-order valence-electron chi connectivity index (χ3n) is 3.09. The summed E-state index contributed by atoms with van der Waals surface area (Å²) in [6, 6.07) is 0.200. The number of anilines is 1. The summed E-state index contributed by atoms with van der Waals surface area (Å²) in [7, 11) is 0. The molecule has 0 saturated heterocycles. The van der Waals surface area contributed by atoms with Gasteiger partial charge in [-0.2, -0.15) is 4.98 Å². The molecular weight excluding hydrogens is 277 g/mol. The van der Waals surface area contributed by atoms with Crippen LogP contribution in [-0.4, -0.2) is 27.1 Å². The summed E-state index contributed by atoms with van der Waals surface area (Å²) >= 11 is 11.5. The average molecular weight is 290 g/mol. The van der Waals surface area contributed by atoms with Crippen LogP contribution in [0.2, 0.25) is 10.4 Å². The lowest BCUT2D eigenvalue weighted by molar-refractivity contribution is -0.122. The Bertz CT molecular complexity index is 448. The summed E-state index contributed by atoms with van der Waals surface area (Å²) in [5.41, 5.74) is 5.28. The fraction of sp³-hybridized carbons (Fsp3) is 0.600. The van der Waals surface area contributed by atoms with Crippen LogP contribution in [0.15, 0.2) is 0 Å². The van der Waals surface area contributed by atoms with E-state index in [0.717, 1.165) is 25.7 Å². The lowest BCUT2D eigenvalue weighted by Crippen LogP contribution is -2.32. The van der Waals surface area contributed by atoms with E-state index in [-0.39, 0.29) is 28.3 Å². The Morgan fingerprint density at radius 3 is 2.50 bits per heavy atom. The van der Waals surface area contributed by atoms with Crippen molar-refractivity contribution in [3.05, 3.63) is 10.4 Å². The Labute approximate surface area is 114 Å². The van der Waals surface area contributed by atoms with E-state index in [0.29, 0.717) is 5.82 Å². The van der Waals surface area contributed by atoms with Crippen LogP contribution < -0.4 is 11.1 Å². The highest BCUT2D eigenvalue weighted by molar-refractivity contribution is 6.32. The van der Waals surface area contributed by atoms with Gasteiger partial charge in [0.15, 0.2) is 11.0 Å². The molecular formula is C10H13Cl2N5O. The molecule has 2 rings (SSSR count). The molecule has 3 N–H and O–H groups in total. The van der Waals surface area contributed by atoms with Gasteiger partial charge in [-0.15, -0.1) is 10.2 Å². The number of halogens is 2. The van der Waals surface area contributed by atoms with E-state index in [1.54, 1.807) is 0 Å². The molecule has 0 radical (unpaired) electrons. The number of nitrogens with two attached hydrogens (primary N) is 1. The molecule has 0 spiro atoms. The zero-order valence-corrected chi connectivity index (χ0v) is 11.1. The summed E-state index contributed by atoms with van der Waals surface area (Å²) < 4.78 is 0. The van der Waals surface area contributed by atoms with Gasteiger partial charge in [0, 0.05) is 12.0 Å². The van der Waals surface area contributed by atoms with Crippen LogP contribution in [0.1, 0.15) is 25.7 Å². The van der Waals surface area contributed by atoms with Gasteiger partial charge in [0.1, 0.15) is 0 Å². The molecule has 0 aliphatic heterocycles. The van der Waals surface area contributed by atoms with Gasteiger partial charge in [-0.1, -0.05) is 11.6 Å². The number of amides is 1. The van der Waals surface area contributed by atoms with Crippen molar-refractivity contribution in [1.82, 2.24) is 15.2 Å². The molecule has 1 aliphatic rings. The molecule has 0 bridgehead atoms. The van der Waals surface area contributed by atoms with Crippen molar-refractivity contribution in [3.63, 3.8) is 0 Å². The smallest absolute Gasteiger partial charge is 0.245 e. The van der Waals surface area contributed by atoms with Gasteiger partial charge in [0.2, 0.25) is 11.2 Å². The van der Waals surface area contributed by atoms with E-state index in [1.807, 2.05) is 0 Å². The van der Waals surface area contributed by atoms with Crippen molar-refractivity contribution in [2.45, 2.75) is 31.7 Å². The van der Waals surface area contributed by atoms with Gasteiger partial charge in [-0.3, -0.25) is 4.79 Å². The Morgan fingerprint density at radius 1 is 1.22 bits per heavy atom. The van der Waals surface area contributed by atoms with Crippen LogP contribution in [0.5, 0.6) is 0 Å². The van der Waals surface area contributed by atoms with Crippen LogP contribution >= 0.6 is 23.2 Å². The number of nitrogens with zero attached hydrogens (tertiary/aromatic N) is 3. The molecule has 8 heteroatoms. The van der Waals surface area contributed by atoms with Crippen LogP contribution in [0, 0.1) is 5.92 Å². The van der Waals surface area contributed by atoms with Crippen molar-refractivity contribution < 1.29 is 4.79 Å². The maximum atomic E-state index is 11.1.